The summed E-state index contributed by atoms with van der Waals surface area (Å²) in [5.41, 5.74) is 0. The van der Waals surface area contributed by atoms with Crippen LogP contribution >= 0.6 is 0 Å². The number of amides is 1. The van der Waals surface area contributed by atoms with Crippen molar-refractivity contribution >= 4 is 11.9 Å². The average Bonchev–Trinajstić information content (AvgIpc) is 3.26. The van der Waals surface area contributed by atoms with Crippen molar-refractivity contribution in [2.75, 3.05) is 13.2 Å². The van der Waals surface area contributed by atoms with Crippen molar-refractivity contribution in [1.29, 1.82) is 0 Å². The summed E-state index contributed by atoms with van der Waals surface area (Å²) in [6, 6.07) is -0.638. The van der Waals surface area contributed by atoms with Gasteiger partial charge >= 0.3 is 5.97 Å². The summed E-state index contributed by atoms with van der Waals surface area (Å²) < 4.78 is 5.47. The third-order valence-corrected chi connectivity index (χ3v) is 12.8. The Bertz CT molecular complexity index is 909. The number of ether oxygens (including phenoxy) is 1. The van der Waals surface area contributed by atoms with Crippen molar-refractivity contribution in [3.8, 4) is 0 Å². The van der Waals surface area contributed by atoms with Gasteiger partial charge in [0.05, 0.1) is 25.4 Å². The standard InChI is InChI=1S/C55H107NO5/c1-3-5-7-9-11-13-15-17-19-20-22-23-27-31-35-39-43-47-53(58)52(51-57)56-54(59)48-44-40-36-32-28-25-26-30-34-38-42-46-50-61-55(60)49-45-41-37-33-29-24-21-18-16-14-12-10-8-6-4-2/h43,47,52-53,57-58H,3-42,44-46,48-51H2,1-2H3,(H,56,59)/b47-43+. The van der Waals surface area contributed by atoms with Gasteiger partial charge in [-0.05, 0) is 32.1 Å². The van der Waals surface area contributed by atoms with Gasteiger partial charge in [-0.25, -0.2) is 0 Å². The summed E-state index contributed by atoms with van der Waals surface area (Å²) in [5, 5.41) is 23.1. The molecule has 0 aromatic rings. The predicted molar refractivity (Wildman–Crippen MR) is 264 cm³/mol. The minimum atomic E-state index is -0.853. The lowest BCUT2D eigenvalue weighted by atomic mass is 10.0. The number of carbonyl (C=O) groups excluding carboxylic acids is 2. The molecule has 0 aliphatic carbocycles. The Morgan fingerprint density at radius 1 is 0.443 bits per heavy atom. The molecule has 6 heteroatoms. The largest absolute Gasteiger partial charge is 0.466 e. The highest BCUT2D eigenvalue weighted by Crippen LogP contribution is 2.17. The van der Waals surface area contributed by atoms with Gasteiger partial charge in [-0.15, -0.1) is 0 Å². The Kier molecular flexibility index (Phi) is 50.1. The maximum absolute atomic E-state index is 12.4. The smallest absolute Gasteiger partial charge is 0.305 e. The number of allylic oxidation sites excluding steroid dienone is 1. The molecule has 61 heavy (non-hydrogen) atoms. The summed E-state index contributed by atoms with van der Waals surface area (Å²) in [6.45, 7) is 4.89. The number of nitrogens with one attached hydrogen (secondary N) is 1. The number of aliphatic hydroxyl groups excluding tert-OH is 2. The van der Waals surface area contributed by atoms with Gasteiger partial charge in [0, 0.05) is 12.8 Å². The quantitative estimate of drug-likeness (QED) is 0.0322. The fourth-order valence-electron chi connectivity index (χ4n) is 8.58. The summed E-state index contributed by atoms with van der Waals surface area (Å²) in [6.07, 6.45) is 59.3. The third-order valence-electron chi connectivity index (χ3n) is 12.8. The first-order valence-electron chi connectivity index (χ1n) is 27.5. The number of rotatable bonds is 51. The van der Waals surface area contributed by atoms with Crippen molar-refractivity contribution in [2.24, 2.45) is 0 Å². The van der Waals surface area contributed by atoms with Crippen LogP contribution in [0.3, 0.4) is 0 Å². The van der Waals surface area contributed by atoms with E-state index in [1.807, 2.05) is 6.08 Å². The first kappa shape index (κ1) is 59.6. The van der Waals surface area contributed by atoms with E-state index in [0.29, 0.717) is 19.4 Å². The Morgan fingerprint density at radius 3 is 1.11 bits per heavy atom. The summed E-state index contributed by atoms with van der Waals surface area (Å²) >= 11 is 0. The molecule has 0 spiro atoms. The first-order valence-corrected chi connectivity index (χ1v) is 27.5. The highest BCUT2D eigenvalue weighted by atomic mass is 16.5. The topological polar surface area (TPSA) is 95.9 Å². The van der Waals surface area contributed by atoms with E-state index in [0.717, 1.165) is 57.8 Å². The van der Waals surface area contributed by atoms with Crippen molar-refractivity contribution in [2.45, 2.75) is 315 Å². The molecule has 0 aliphatic rings. The molecule has 1 amide bonds. The van der Waals surface area contributed by atoms with E-state index in [4.69, 9.17) is 4.74 Å². The van der Waals surface area contributed by atoms with Gasteiger partial charge in [-0.1, -0.05) is 270 Å². The van der Waals surface area contributed by atoms with E-state index in [1.165, 1.54) is 218 Å². The van der Waals surface area contributed by atoms with Crippen LogP contribution in [0.15, 0.2) is 12.2 Å². The molecule has 2 atom stereocenters. The fourth-order valence-corrected chi connectivity index (χ4v) is 8.58. The maximum atomic E-state index is 12.4. The number of unbranched alkanes of at least 4 members (excludes halogenated alkanes) is 40. The zero-order chi connectivity index (χ0) is 44.4. The van der Waals surface area contributed by atoms with Crippen LogP contribution in [0.25, 0.3) is 0 Å². The summed E-state index contributed by atoms with van der Waals surface area (Å²) in [7, 11) is 0. The molecule has 0 bridgehead atoms. The van der Waals surface area contributed by atoms with Crippen molar-refractivity contribution in [3.05, 3.63) is 12.2 Å². The van der Waals surface area contributed by atoms with E-state index in [9.17, 15) is 19.8 Å². The van der Waals surface area contributed by atoms with Gasteiger partial charge in [-0.2, -0.15) is 0 Å². The minimum absolute atomic E-state index is 0.00743. The zero-order valence-electron chi connectivity index (χ0n) is 41.2. The van der Waals surface area contributed by atoms with Crippen molar-refractivity contribution in [1.82, 2.24) is 5.32 Å². The summed E-state index contributed by atoms with van der Waals surface area (Å²) in [4.78, 5) is 24.5. The van der Waals surface area contributed by atoms with Crippen LogP contribution in [0, 0.1) is 0 Å². The number of carbonyl (C=O) groups is 2. The Morgan fingerprint density at radius 2 is 0.754 bits per heavy atom. The SMILES string of the molecule is CCCCCCCCCCCCCCCCC/C=C/C(O)C(CO)NC(=O)CCCCCCCCCCCCCCOC(=O)CCCCCCCCCCCCCCCCC. The predicted octanol–water partition coefficient (Wildman–Crippen LogP) is 16.5. The van der Waals surface area contributed by atoms with Crippen LogP contribution in [0.2, 0.25) is 0 Å². The molecule has 0 saturated carbocycles. The van der Waals surface area contributed by atoms with Crippen LogP contribution in [0.1, 0.15) is 303 Å². The van der Waals surface area contributed by atoms with Crippen LogP contribution in [0.5, 0.6) is 0 Å². The van der Waals surface area contributed by atoms with Crippen molar-refractivity contribution < 1.29 is 24.5 Å². The van der Waals surface area contributed by atoms with E-state index in [1.54, 1.807) is 6.08 Å². The molecule has 2 unspecified atom stereocenters. The number of hydrogen-bond donors (Lipinski definition) is 3. The molecule has 0 heterocycles. The highest BCUT2D eigenvalue weighted by Gasteiger charge is 2.18. The van der Waals surface area contributed by atoms with E-state index in [-0.39, 0.29) is 18.5 Å². The van der Waals surface area contributed by atoms with Gasteiger partial charge < -0.3 is 20.3 Å². The van der Waals surface area contributed by atoms with Gasteiger partial charge in [0.2, 0.25) is 5.91 Å². The maximum Gasteiger partial charge on any atom is 0.305 e. The van der Waals surface area contributed by atoms with Crippen LogP contribution in [-0.2, 0) is 14.3 Å². The lowest BCUT2D eigenvalue weighted by Crippen LogP contribution is -2.45. The van der Waals surface area contributed by atoms with E-state index in [2.05, 4.69) is 19.2 Å². The molecule has 0 radical (unpaired) electrons. The van der Waals surface area contributed by atoms with Crippen molar-refractivity contribution in [3.63, 3.8) is 0 Å². The number of aliphatic hydroxyl groups is 2. The fraction of sp³-hybridized carbons (Fsp3) is 0.927. The van der Waals surface area contributed by atoms with Gasteiger partial charge in [-0.3, -0.25) is 9.59 Å². The van der Waals surface area contributed by atoms with Gasteiger partial charge in [0.1, 0.15) is 0 Å². The second kappa shape index (κ2) is 51.2. The Balaban J connectivity index is 3.48. The third kappa shape index (κ3) is 47.9. The lowest BCUT2D eigenvalue weighted by molar-refractivity contribution is -0.143. The normalized spacial score (nSPS) is 12.7. The molecule has 0 rings (SSSR count). The lowest BCUT2D eigenvalue weighted by Gasteiger charge is -2.20. The second-order valence-electron chi connectivity index (χ2n) is 18.9. The number of hydrogen-bond acceptors (Lipinski definition) is 5. The minimum Gasteiger partial charge on any atom is -0.466 e. The van der Waals surface area contributed by atoms with Gasteiger partial charge in [0.25, 0.3) is 0 Å². The molecule has 0 aliphatic heterocycles. The monoisotopic (exact) mass is 862 g/mol. The molecule has 3 N–H and O–H groups in total. The molecule has 0 saturated heterocycles. The highest BCUT2D eigenvalue weighted by molar-refractivity contribution is 5.76. The Hall–Kier alpha value is -1.40. The zero-order valence-corrected chi connectivity index (χ0v) is 41.2. The van der Waals surface area contributed by atoms with Crippen LogP contribution in [0.4, 0.5) is 0 Å². The number of esters is 1. The molecular formula is C55H107NO5. The van der Waals surface area contributed by atoms with Crippen LogP contribution < -0.4 is 5.32 Å². The van der Waals surface area contributed by atoms with Gasteiger partial charge in [0.15, 0.2) is 0 Å². The van der Waals surface area contributed by atoms with Crippen LogP contribution in [-0.4, -0.2) is 47.4 Å². The summed E-state index contributed by atoms with van der Waals surface area (Å²) in [5.74, 6) is -0.0885. The molecule has 0 aromatic heterocycles. The average molecular weight is 862 g/mol. The Labute approximate surface area is 380 Å². The molecule has 6 nitrogen and oxygen atoms in total. The second-order valence-corrected chi connectivity index (χ2v) is 18.9. The van der Waals surface area contributed by atoms with E-state index >= 15 is 0 Å². The molecule has 0 fully saturated rings. The molecule has 362 valence electrons. The molecular weight excluding hydrogens is 755 g/mol. The first-order chi connectivity index (χ1) is 30.0. The van der Waals surface area contributed by atoms with E-state index < -0.39 is 12.1 Å². The molecule has 0 aromatic carbocycles.